The fourth-order valence-corrected chi connectivity index (χ4v) is 3.55. The first kappa shape index (κ1) is 17.6. The second-order valence-corrected chi connectivity index (χ2v) is 7.36. The van der Waals surface area contributed by atoms with Gasteiger partial charge >= 0.3 is 0 Å². The van der Waals surface area contributed by atoms with Gasteiger partial charge in [0.2, 0.25) is 0 Å². The van der Waals surface area contributed by atoms with Crippen molar-refractivity contribution in [1.82, 2.24) is 4.98 Å². The first-order chi connectivity index (χ1) is 12.0. The summed E-state index contributed by atoms with van der Waals surface area (Å²) in [6.45, 7) is 0. The van der Waals surface area contributed by atoms with E-state index in [1.807, 2.05) is 11.4 Å². The van der Waals surface area contributed by atoms with Crippen LogP contribution in [0.3, 0.4) is 0 Å². The minimum absolute atomic E-state index is 0.0568. The third-order valence-electron chi connectivity index (χ3n) is 3.46. The molecule has 2 aromatic rings. The van der Waals surface area contributed by atoms with Crippen molar-refractivity contribution in [2.24, 2.45) is 0 Å². The molecule has 4 nitrogen and oxygen atoms in total. The molecule has 1 aliphatic rings. The summed E-state index contributed by atoms with van der Waals surface area (Å²) in [4.78, 5) is 17.0. The second kappa shape index (κ2) is 7.76. The van der Waals surface area contributed by atoms with Gasteiger partial charge in [-0.2, -0.15) is 14.0 Å². The van der Waals surface area contributed by atoms with Crippen molar-refractivity contribution in [2.45, 2.75) is 29.4 Å². The smallest absolute Gasteiger partial charge is 0.288 e. The Kier molecular flexibility index (Phi) is 5.46. The molecule has 1 aromatic carbocycles. The van der Waals surface area contributed by atoms with Crippen LogP contribution < -0.4 is 5.32 Å². The number of anilines is 1. The summed E-state index contributed by atoms with van der Waals surface area (Å²) >= 11 is 1.97. The van der Waals surface area contributed by atoms with E-state index in [1.54, 1.807) is 0 Å². The Morgan fingerprint density at radius 1 is 1.40 bits per heavy atom. The molecule has 1 N–H and O–H groups in total. The normalized spacial score (nSPS) is 14.4. The molecule has 1 amide bonds. The van der Waals surface area contributed by atoms with Crippen LogP contribution in [0.15, 0.2) is 40.1 Å². The van der Waals surface area contributed by atoms with Gasteiger partial charge in [-0.1, -0.05) is 11.8 Å². The van der Waals surface area contributed by atoms with E-state index in [1.165, 1.54) is 41.7 Å². The van der Waals surface area contributed by atoms with Gasteiger partial charge in [-0.25, -0.2) is 4.98 Å². The number of nitriles is 1. The lowest BCUT2D eigenvalue weighted by atomic mass is 10.2. The molecule has 0 bridgehead atoms. The molecule has 1 heterocycles. The summed E-state index contributed by atoms with van der Waals surface area (Å²) in [7, 11) is 0. The maximum Gasteiger partial charge on any atom is 0.288 e. The summed E-state index contributed by atoms with van der Waals surface area (Å²) in [5, 5.41) is 14.7. The Bertz CT molecular complexity index is 836. The number of aromatic nitrogens is 1. The number of thioether (sulfide) groups is 1. The van der Waals surface area contributed by atoms with Crippen molar-refractivity contribution in [3.63, 3.8) is 0 Å². The van der Waals surface area contributed by atoms with Crippen molar-refractivity contribution in [3.05, 3.63) is 45.9 Å². The number of carbonyl (C=O) groups excluding carboxylic acids is 1. The zero-order valence-electron chi connectivity index (χ0n) is 12.9. The van der Waals surface area contributed by atoms with Crippen LogP contribution in [0.25, 0.3) is 6.08 Å². The monoisotopic (exact) mass is 377 g/mol. The first-order valence-corrected chi connectivity index (χ1v) is 9.24. The lowest BCUT2D eigenvalue weighted by Crippen LogP contribution is -2.13. The predicted octanol–water partition coefficient (Wildman–Crippen LogP) is 4.88. The maximum atomic E-state index is 12.3. The number of amides is 1. The average molecular weight is 377 g/mol. The maximum absolute atomic E-state index is 12.3. The summed E-state index contributed by atoms with van der Waals surface area (Å²) in [6.07, 6.45) is 3.74. The summed E-state index contributed by atoms with van der Waals surface area (Å²) < 4.78 is 24.6. The Morgan fingerprint density at radius 3 is 2.72 bits per heavy atom. The van der Waals surface area contributed by atoms with Crippen molar-refractivity contribution < 1.29 is 13.6 Å². The highest BCUT2D eigenvalue weighted by molar-refractivity contribution is 7.99. The highest BCUT2D eigenvalue weighted by atomic mass is 32.2. The standard InChI is InChI=1S/C17H13F2N3OS2/c18-17(19)25-14-5-3-12(4-6-14)21-15(23)11(8-20)7-13-9-24-16(22-13)10-1-2-10/h3-7,9-10,17H,1-2H2,(H,21,23)/b11-7-. The lowest BCUT2D eigenvalue weighted by molar-refractivity contribution is -0.112. The van der Waals surface area contributed by atoms with Crippen LogP contribution in [0.1, 0.15) is 29.5 Å². The number of hydrogen-bond acceptors (Lipinski definition) is 5. The second-order valence-electron chi connectivity index (χ2n) is 5.41. The molecule has 1 saturated carbocycles. The Morgan fingerprint density at radius 2 is 2.12 bits per heavy atom. The minimum Gasteiger partial charge on any atom is -0.321 e. The molecule has 8 heteroatoms. The quantitative estimate of drug-likeness (QED) is 0.443. The molecule has 0 saturated heterocycles. The van der Waals surface area contributed by atoms with Crippen molar-refractivity contribution in [1.29, 1.82) is 5.26 Å². The Labute approximate surface area is 151 Å². The van der Waals surface area contributed by atoms with E-state index in [4.69, 9.17) is 0 Å². The fraction of sp³-hybridized carbons (Fsp3) is 0.235. The van der Waals surface area contributed by atoms with E-state index in [-0.39, 0.29) is 5.57 Å². The molecular weight excluding hydrogens is 364 g/mol. The van der Waals surface area contributed by atoms with Gasteiger partial charge in [0.05, 0.1) is 10.7 Å². The van der Waals surface area contributed by atoms with Crippen LogP contribution in [0.2, 0.25) is 0 Å². The van der Waals surface area contributed by atoms with E-state index in [2.05, 4.69) is 10.3 Å². The van der Waals surface area contributed by atoms with Gasteiger partial charge in [0.15, 0.2) is 0 Å². The van der Waals surface area contributed by atoms with Gasteiger partial charge in [-0.15, -0.1) is 11.3 Å². The fourth-order valence-electron chi connectivity index (χ4n) is 2.10. The number of nitrogens with zero attached hydrogens (tertiary/aromatic N) is 2. The summed E-state index contributed by atoms with van der Waals surface area (Å²) in [6, 6.07) is 7.89. The average Bonchev–Trinajstić information content (AvgIpc) is 3.33. The SMILES string of the molecule is N#C/C(=C/c1csc(C2CC2)n1)C(=O)Nc1ccc(SC(F)F)cc1. The zero-order chi connectivity index (χ0) is 17.8. The van der Waals surface area contributed by atoms with Gasteiger partial charge in [-0.3, -0.25) is 4.79 Å². The number of hydrogen-bond donors (Lipinski definition) is 1. The highest BCUT2D eigenvalue weighted by Crippen LogP contribution is 2.41. The Hall–Kier alpha value is -2.24. The predicted molar refractivity (Wildman–Crippen MR) is 94.6 cm³/mol. The number of nitrogens with one attached hydrogen (secondary N) is 1. The molecule has 1 fully saturated rings. The van der Waals surface area contributed by atoms with E-state index >= 15 is 0 Å². The van der Waals surface area contributed by atoms with Crippen molar-refractivity contribution in [2.75, 3.05) is 5.32 Å². The van der Waals surface area contributed by atoms with Gasteiger partial charge < -0.3 is 5.32 Å². The third-order valence-corrected chi connectivity index (χ3v) is 5.21. The summed E-state index contributed by atoms with van der Waals surface area (Å²) in [5.41, 5.74) is 0.975. The van der Waals surface area contributed by atoms with Gasteiger partial charge in [0.25, 0.3) is 11.7 Å². The number of thiazole rings is 1. The van der Waals surface area contributed by atoms with Crippen molar-refractivity contribution in [3.8, 4) is 6.07 Å². The molecule has 25 heavy (non-hydrogen) atoms. The molecule has 3 rings (SSSR count). The molecule has 0 atom stereocenters. The van der Waals surface area contributed by atoms with Crippen LogP contribution >= 0.6 is 23.1 Å². The zero-order valence-corrected chi connectivity index (χ0v) is 14.5. The molecule has 0 spiro atoms. The van der Waals surface area contributed by atoms with Crippen LogP contribution in [-0.2, 0) is 4.79 Å². The number of carbonyl (C=O) groups is 1. The van der Waals surface area contributed by atoms with Gasteiger partial charge in [0.1, 0.15) is 11.6 Å². The Balaban J connectivity index is 1.67. The minimum atomic E-state index is -2.49. The number of halogens is 2. The van der Waals surface area contributed by atoms with Crippen LogP contribution in [-0.4, -0.2) is 16.6 Å². The van der Waals surface area contributed by atoms with E-state index < -0.39 is 11.7 Å². The van der Waals surface area contributed by atoms with Gasteiger partial charge in [-0.05, 0) is 43.2 Å². The van der Waals surface area contributed by atoms with Crippen LogP contribution in [0.5, 0.6) is 0 Å². The number of benzene rings is 1. The van der Waals surface area contributed by atoms with Gasteiger partial charge in [0, 0.05) is 21.9 Å². The summed E-state index contributed by atoms with van der Waals surface area (Å²) in [5.74, 6) is -2.53. The van der Waals surface area contributed by atoms with Crippen LogP contribution in [0, 0.1) is 11.3 Å². The molecule has 1 aromatic heterocycles. The first-order valence-electron chi connectivity index (χ1n) is 7.48. The third kappa shape index (κ3) is 4.87. The molecule has 1 aliphatic carbocycles. The topological polar surface area (TPSA) is 65.8 Å². The largest absolute Gasteiger partial charge is 0.321 e. The molecule has 0 radical (unpaired) electrons. The lowest BCUT2D eigenvalue weighted by Gasteiger charge is -2.05. The highest BCUT2D eigenvalue weighted by Gasteiger charge is 2.26. The number of alkyl halides is 2. The molecule has 128 valence electrons. The van der Waals surface area contributed by atoms with E-state index in [0.717, 1.165) is 17.8 Å². The van der Waals surface area contributed by atoms with Crippen LogP contribution in [0.4, 0.5) is 14.5 Å². The molecular formula is C17H13F2N3OS2. The molecule has 0 aliphatic heterocycles. The van der Waals surface area contributed by atoms with E-state index in [0.29, 0.717) is 34.0 Å². The van der Waals surface area contributed by atoms with Crippen molar-refractivity contribution >= 4 is 40.8 Å². The molecule has 0 unspecified atom stereocenters. The number of rotatable bonds is 6. The van der Waals surface area contributed by atoms with E-state index in [9.17, 15) is 18.8 Å².